The Morgan fingerprint density at radius 2 is 1.69 bits per heavy atom. The van der Waals surface area contributed by atoms with Crippen LogP contribution in [0.5, 0.6) is 0 Å². The number of likely N-dealkylation sites (tertiary alicyclic amines) is 1. The van der Waals surface area contributed by atoms with Gasteiger partial charge >= 0.3 is 6.09 Å². The van der Waals surface area contributed by atoms with Crippen LogP contribution in [0.4, 0.5) is 13.6 Å². The molecule has 0 aromatic carbocycles. The summed E-state index contributed by atoms with van der Waals surface area (Å²) in [7, 11) is 2.41. The minimum Gasteiger partial charge on any atom is -0.453 e. The SMILES string of the molecule is CNC(=O)C(=O)[C@H](CCC(C)(F)F)NC(=O)[C@@H]1[C@@H]2[C@H](CN1C(=O)[C@@H](NC(=O)OC)C(C)(C)C)C21CCOCC1. The molecule has 3 N–H and O–H groups in total. The molecular formula is C26H40F2N4O7. The van der Waals surface area contributed by atoms with Crippen LogP contribution in [0.15, 0.2) is 0 Å². The summed E-state index contributed by atoms with van der Waals surface area (Å²) in [6, 6.07) is -3.52. The van der Waals surface area contributed by atoms with Gasteiger partial charge in [0.25, 0.3) is 5.91 Å². The average Bonchev–Trinajstić information content (AvgIpc) is 3.23. The van der Waals surface area contributed by atoms with Gasteiger partial charge in [-0.05, 0) is 48.9 Å². The smallest absolute Gasteiger partial charge is 0.407 e. The number of rotatable bonds is 9. The van der Waals surface area contributed by atoms with E-state index in [9.17, 15) is 32.8 Å². The molecule has 1 aliphatic carbocycles. The predicted octanol–water partition coefficient (Wildman–Crippen LogP) is 1.25. The number of nitrogens with zero attached hydrogens (tertiary/aromatic N) is 1. The fourth-order valence-corrected chi connectivity index (χ4v) is 6.15. The fraction of sp³-hybridized carbons (Fsp3) is 0.808. The number of carbonyl (C=O) groups excluding carboxylic acids is 5. The molecule has 0 aromatic heterocycles. The summed E-state index contributed by atoms with van der Waals surface area (Å²) >= 11 is 0. The average molecular weight is 559 g/mol. The number of alkyl carbamates (subject to hydrolysis) is 1. The van der Waals surface area contributed by atoms with Crippen molar-refractivity contribution in [2.24, 2.45) is 22.7 Å². The number of hydrogen-bond donors (Lipinski definition) is 3. The summed E-state index contributed by atoms with van der Waals surface area (Å²) in [5, 5.41) is 7.26. The van der Waals surface area contributed by atoms with Crippen molar-refractivity contribution in [2.75, 3.05) is 33.9 Å². The molecule has 11 nitrogen and oxygen atoms in total. The van der Waals surface area contributed by atoms with Gasteiger partial charge in [0.1, 0.15) is 12.1 Å². The summed E-state index contributed by atoms with van der Waals surface area (Å²) in [5.74, 6) is -6.57. The van der Waals surface area contributed by atoms with Gasteiger partial charge in [0.05, 0.1) is 13.2 Å². The standard InChI is InChI=1S/C26H40F2N4O7/c1-24(2,3)19(31-23(37)38-6)22(36)32-13-14-16(26(14)9-11-39-12-10-26)17(32)20(34)30-15(7-8-25(4,27)28)18(33)21(35)29-5/h14-17,19H,7-13H2,1-6H3,(H,29,35)(H,30,34)(H,31,37)/t14-,15-,16-,17-,19+/m0/s1. The Morgan fingerprint density at radius 1 is 1.08 bits per heavy atom. The van der Waals surface area contributed by atoms with Crippen molar-refractivity contribution in [3.63, 3.8) is 0 Å². The number of piperidine rings is 1. The first-order chi connectivity index (χ1) is 18.1. The molecule has 3 fully saturated rings. The Labute approximate surface area is 227 Å². The van der Waals surface area contributed by atoms with E-state index in [0.29, 0.717) is 33.0 Å². The van der Waals surface area contributed by atoms with Crippen molar-refractivity contribution in [2.45, 2.75) is 77.4 Å². The van der Waals surface area contributed by atoms with Crippen LogP contribution < -0.4 is 16.0 Å². The molecule has 13 heteroatoms. The predicted molar refractivity (Wildman–Crippen MR) is 135 cm³/mol. The molecule has 220 valence electrons. The number of alkyl halides is 2. The minimum atomic E-state index is -3.12. The molecule has 2 heterocycles. The zero-order valence-corrected chi connectivity index (χ0v) is 23.4. The van der Waals surface area contributed by atoms with Crippen molar-refractivity contribution >= 4 is 29.6 Å². The number of methoxy groups -OCH3 is 1. The lowest BCUT2D eigenvalue weighted by Gasteiger charge is -2.39. The number of fused-ring (bicyclic) bond motifs is 3. The van der Waals surface area contributed by atoms with Gasteiger partial charge in [0.15, 0.2) is 0 Å². The normalized spacial score (nSPS) is 25.2. The fourth-order valence-electron chi connectivity index (χ4n) is 6.15. The second-order valence-corrected chi connectivity index (χ2v) is 12.0. The van der Waals surface area contributed by atoms with E-state index in [1.165, 1.54) is 19.1 Å². The number of ketones is 1. The summed E-state index contributed by atoms with van der Waals surface area (Å²) < 4.78 is 37.5. The van der Waals surface area contributed by atoms with Crippen molar-refractivity contribution in [1.29, 1.82) is 0 Å². The molecule has 4 amide bonds. The molecule has 39 heavy (non-hydrogen) atoms. The second-order valence-electron chi connectivity index (χ2n) is 12.0. The summed E-state index contributed by atoms with van der Waals surface area (Å²) in [4.78, 5) is 65.9. The summed E-state index contributed by atoms with van der Waals surface area (Å²) in [6.45, 7) is 7.29. The number of halogens is 2. The lowest BCUT2D eigenvalue weighted by Crippen LogP contribution is -2.60. The van der Waals surface area contributed by atoms with E-state index in [1.807, 2.05) is 0 Å². The number of carbonyl (C=O) groups is 5. The van der Waals surface area contributed by atoms with E-state index in [0.717, 1.165) is 0 Å². The Bertz CT molecular complexity index is 988. The Morgan fingerprint density at radius 3 is 2.21 bits per heavy atom. The minimum absolute atomic E-state index is 0.00733. The Balaban J connectivity index is 1.91. The molecule has 2 saturated heterocycles. The maximum absolute atomic E-state index is 13.8. The number of hydrogen-bond acceptors (Lipinski definition) is 7. The van der Waals surface area contributed by atoms with Gasteiger partial charge in [-0.1, -0.05) is 20.8 Å². The lowest BCUT2D eigenvalue weighted by molar-refractivity contribution is -0.146. The monoisotopic (exact) mass is 558 g/mol. The van der Waals surface area contributed by atoms with Gasteiger partial charge in [-0.3, -0.25) is 19.2 Å². The highest BCUT2D eigenvalue weighted by molar-refractivity contribution is 6.38. The van der Waals surface area contributed by atoms with Crippen LogP contribution in [0.25, 0.3) is 0 Å². The molecule has 2 aliphatic heterocycles. The van der Waals surface area contributed by atoms with Crippen LogP contribution >= 0.6 is 0 Å². The molecule has 5 atom stereocenters. The van der Waals surface area contributed by atoms with E-state index in [-0.39, 0.29) is 23.8 Å². The second kappa shape index (κ2) is 11.3. The molecule has 0 unspecified atom stereocenters. The van der Waals surface area contributed by atoms with Gasteiger partial charge in [-0.25, -0.2) is 13.6 Å². The molecule has 0 radical (unpaired) electrons. The van der Waals surface area contributed by atoms with Crippen LogP contribution in [-0.2, 0) is 28.7 Å². The highest BCUT2D eigenvalue weighted by atomic mass is 19.3. The first-order valence-corrected chi connectivity index (χ1v) is 13.2. The highest BCUT2D eigenvalue weighted by Crippen LogP contribution is 2.70. The van der Waals surface area contributed by atoms with Crippen molar-refractivity contribution in [3.05, 3.63) is 0 Å². The number of amides is 4. The van der Waals surface area contributed by atoms with Crippen LogP contribution in [0.3, 0.4) is 0 Å². The molecule has 3 rings (SSSR count). The largest absolute Gasteiger partial charge is 0.453 e. The molecular weight excluding hydrogens is 518 g/mol. The first-order valence-electron chi connectivity index (χ1n) is 13.2. The molecule has 0 bridgehead atoms. The summed E-state index contributed by atoms with van der Waals surface area (Å²) in [6.07, 6.45) is -0.564. The van der Waals surface area contributed by atoms with E-state index in [1.54, 1.807) is 20.8 Å². The topological polar surface area (TPSA) is 143 Å². The third-order valence-electron chi connectivity index (χ3n) is 8.29. The van der Waals surface area contributed by atoms with E-state index >= 15 is 0 Å². The Hall–Kier alpha value is -2.83. The lowest BCUT2D eigenvalue weighted by atomic mass is 9.84. The molecule has 1 spiro atoms. The summed E-state index contributed by atoms with van der Waals surface area (Å²) in [5.41, 5.74) is -0.944. The van der Waals surface area contributed by atoms with Crippen LogP contribution in [0, 0.1) is 22.7 Å². The number of likely N-dealkylation sites (N-methyl/N-ethyl adjacent to an activating group) is 1. The zero-order chi connectivity index (χ0) is 29.3. The maximum Gasteiger partial charge on any atom is 0.407 e. The quantitative estimate of drug-likeness (QED) is 0.362. The van der Waals surface area contributed by atoms with E-state index < -0.39 is 71.9 Å². The third-order valence-corrected chi connectivity index (χ3v) is 8.29. The van der Waals surface area contributed by atoms with E-state index in [4.69, 9.17) is 9.47 Å². The molecule has 0 aromatic rings. The number of Topliss-reactive ketones (excluding diaryl/α,β-unsaturated/α-hetero) is 1. The van der Waals surface area contributed by atoms with Crippen molar-refractivity contribution < 1.29 is 42.2 Å². The molecule has 3 aliphatic rings. The highest BCUT2D eigenvalue weighted by Gasteiger charge is 2.74. The van der Waals surface area contributed by atoms with Gasteiger partial charge in [-0.2, -0.15) is 0 Å². The van der Waals surface area contributed by atoms with Gasteiger partial charge < -0.3 is 30.3 Å². The van der Waals surface area contributed by atoms with Gasteiger partial charge in [0, 0.05) is 33.2 Å². The third kappa shape index (κ3) is 6.50. The van der Waals surface area contributed by atoms with Crippen LogP contribution in [-0.4, -0.2) is 92.5 Å². The number of nitrogens with one attached hydrogen (secondary N) is 3. The van der Waals surface area contributed by atoms with E-state index in [2.05, 4.69) is 16.0 Å². The maximum atomic E-state index is 13.8. The Kier molecular flexibility index (Phi) is 8.93. The van der Waals surface area contributed by atoms with Crippen molar-refractivity contribution in [3.8, 4) is 0 Å². The van der Waals surface area contributed by atoms with Gasteiger partial charge in [0.2, 0.25) is 23.5 Å². The molecule has 1 saturated carbocycles. The zero-order valence-electron chi connectivity index (χ0n) is 23.4. The van der Waals surface area contributed by atoms with Crippen LogP contribution in [0.1, 0.15) is 53.4 Å². The first kappa shape index (κ1) is 30.7. The van der Waals surface area contributed by atoms with Crippen LogP contribution in [0.2, 0.25) is 0 Å². The van der Waals surface area contributed by atoms with Crippen molar-refractivity contribution in [1.82, 2.24) is 20.9 Å². The van der Waals surface area contributed by atoms with Gasteiger partial charge in [-0.15, -0.1) is 0 Å². The number of ether oxygens (including phenoxy) is 2.